The van der Waals surface area contributed by atoms with Gasteiger partial charge in [-0.25, -0.2) is 9.97 Å². The van der Waals surface area contributed by atoms with Gasteiger partial charge in [-0.2, -0.15) is 0 Å². The van der Waals surface area contributed by atoms with Gasteiger partial charge in [0.15, 0.2) is 0 Å². The van der Waals surface area contributed by atoms with Gasteiger partial charge in [0.05, 0.1) is 7.11 Å². The van der Waals surface area contributed by atoms with Gasteiger partial charge in [0.2, 0.25) is 5.88 Å². The maximum Gasteiger partial charge on any atom is 0.218 e. The molecule has 3 rings (SSSR count). The number of hydrogen-bond donors (Lipinski definition) is 1. The Bertz CT molecular complexity index is 434. The number of nitrogens with one attached hydrogen (secondary N) is 1. The van der Waals surface area contributed by atoms with Gasteiger partial charge in [0.25, 0.3) is 0 Å². The summed E-state index contributed by atoms with van der Waals surface area (Å²) in [6, 6.07) is 2.36. The van der Waals surface area contributed by atoms with E-state index in [0.29, 0.717) is 11.9 Å². The molecule has 2 heterocycles. The van der Waals surface area contributed by atoms with E-state index in [1.54, 1.807) is 13.4 Å². The summed E-state index contributed by atoms with van der Waals surface area (Å²) in [4.78, 5) is 10.9. The van der Waals surface area contributed by atoms with Crippen LogP contribution in [0, 0.1) is 5.92 Å². The molecule has 1 aliphatic carbocycles. The molecule has 5 nitrogen and oxygen atoms in total. The van der Waals surface area contributed by atoms with E-state index in [-0.39, 0.29) is 0 Å². The number of ether oxygens (including phenoxy) is 1. The summed E-state index contributed by atoms with van der Waals surface area (Å²) in [7, 11) is 1.63. The average molecular weight is 276 g/mol. The molecule has 1 saturated heterocycles. The smallest absolute Gasteiger partial charge is 0.218 e. The topological polar surface area (TPSA) is 50.3 Å². The minimum atomic E-state index is 0.496. The van der Waals surface area contributed by atoms with Crippen LogP contribution >= 0.6 is 0 Å². The predicted octanol–water partition coefficient (Wildman–Crippen LogP) is 2.16. The zero-order valence-corrected chi connectivity index (χ0v) is 12.2. The molecule has 0 radical (unpaired) electrons. The van der Waals surface area contributed by atoms with Crippen LogP contribution < -0.4 is 10.1 Å². The summed E-state index contributed by atoms with van der Waals surface area (Å²) in [5.74, 6) is 2.42. The summed E-state index contributed by atoms with van der Waals surface area (Å²) in [6.07, 6.45) is 8.46. The molecule has 1 aliphatic heterocycles. The van der Waals surface area contributed by atoms with E-state index in [4.69, 9.17) is 4.74 Å². The molecule has 1 atom stereocenters. The summed E-state index contributed by atoms with van der Waals surface area (Å²) in [5.41, 5.74) is 0. The van der Waals surface area contributed by atoms with E-state index in [1.165, 1.54) is 45.2 Å². The first kappa shape index (κ1) is 13.6. The van der Waals surface area contributed by atoms with Gasteiger partial charge in [-0.05, 0) is 25.2 Å². The van der Waals surface area contributed by atoms with Gasteiger partial charge in [-0.1, -0.05) is 12.8 Å². The summed E-state index contributed by atoms with van der Waals surface area (Å²) in [6.45, 7) is 3.62. The van der Waals surface area contributed by atoms with Crippen molar-refractivity contribution in [2.75, 3.05) is 32.1 Å². The first-order valence-electron chi connectivity index (χ1n) is 7.68. The standard InChI is InChI=1S/C15H24N4O/c1-20-15-8-14(16-11-17-15)18-13-6-7-19(10-13)9-12-4-2-3-5-12/h8,11-13H,2-7,9-10H2,1H3,(H,16,17,18). The molecular weight excluding hydrogens is 252 g/mol. The second-order valence-electron chi connectivity index (χ2n) is 5.99. The quantitative estimate of drug-likeness (QED) is 0.893. The maximum absolute atomic E-state index is 5.13. The Balaban J connectivity index is 1.49. The fraction of sp³-hybridized carbons (Fsp3) is 0.733. The van der Waals surface area contributed by atoms with Crippen molar-refractivity contribution in [3.05, 3.63) is 12.4 Å². The zero-order valence-electron chi connectivity index (χ0n) is 12.2. The van der Waals surface area contributed by atoms with E-state index < -0.39 is 0 Å². The molecule has 1 aromatic rings. The lowest BCUT2D eigenvalue weighted by atomic mass is 10.1. The lowest BCUT2D eigenvalue weighted by Crippen LogP contribution is -2.30. The Kier molecular flexibility index (Phi) is 4.35. The predicted molar refractivity (Wildman–Crippen MR) is 79.0 cm³/mol. The third-order valence-electron chi connectivity index (χ3n) is 4.47. The highest BCUT2D eigenvalue weighted by Crippen LogP contribution is 2.27. The lowest BCUT2D eigenvalue weighted by molar-refractivity contribution is 0.278. The summed E-state index contributed by atoms with van der Waals surface area (Å²) >= 11 is 0. The number of rotatable bonds is 5. The van der Waals surface area contributed by atoms with Crippen LogP contribution in [0.4, 0.5) is 5.82 Å². The molecule has 1 N–H and O–H groups in total. The molecule has 2 fully saturated rings. The van der Waals surface area contributed by atoms with Crippen molar-refractivity contribution < 1.29 is 4.74 Å². The number of likely N-dealkylation sites (tertiary alicyclic amines) is 1. The summed E-state index contributed by atoms with van der Waals surface area (Å²) < 4.78 is 5.13. The second-order valence-corrected chi connectivity index (χ2v) is 5.99. The minimum absolute atomic E-state index is 0.496. The van der Waals surface area contributed by atoms with Crippen LogP contribution in [0.15, 0.2) is 12.4 Å². The molecule has 1 aromatic heterocycles. The molecule has 0 amide bonds. The van der Waals surface area contributed by atoms with E-state index in [2.05, 4.69) is 20.2 Å². The highest BCUT2D eigenvalue weighted by atomic mass is 16.5. The lowest BCUT2D eigenvalue weighted by Gasteiger charge is -2.20. The monoisotopic (exact) mass is 276 g/mol. The molecule has 0 aromatic carbocycles. The largest absolute Gasteiger partial charge is 0.481 e. The Morgan fingerprint density at radius 2 is 2.15 bits per heavy atom. The molecule has 2 aliphatic rings. The molecule has 20 heavy (non-hydrogen) atoms. The number of aromatic nitrogens is 2. The van der Waals surface area contributed by atoms with Crippen LogP contribution in [-0.2, 0) is 0 Å². The second kappa shape index (κ2) is 6.39. The van der Waals surface area contributed by atoms with Crippen LogP contribution in [0.2, 0.25) is 0 Å². The van der Waals surface area contributed by atoms with Crippen LogP contribution in [0.25, 0.3) is 0 Å². The van der Waals surface area contributed by atoms with Crippen LogP contribution in [0.3, 0.4) is 0 Å². The van der Waals surface area contributed by atoms with Gasteiger partial charge >= 0.3 is 0 Å². The molecule has 0 bridgehead atoms. The first-order valence-corrected chi connectivity index (χ1v) is 7.68. The molecular formula is C15H24N4O. The highest BCUT2D eigenvalue weighted by Gasteiger charge is 2.26. The van der Waals surface area contributed by atoms with Crippen molar-refractivity contribution in [2.24, 2.45) is 5.92 Å². The Labute approximate surface area is 120 Å². The molecule has 110 valence electrons. The van der Waals surface area contributed by atoms with Gasteiger partial charge in [-0.15, -0.1) is 0 Å². The molecule has 0 spiro atoms. The third kappa shape index (κ3) is 3.39. The Morgan fingerprint density at radius 1 is 1.30 bits per heavy atom. The van der Waals surface area contributed by atoms with E-state index in [0.717, 1.165) is 18.3 Å². The van der Waals surface area contributed by atoms with Gasteiger partial charge in [-0.3, -0.25) is 0 Å². The summed E-state index contributed by atoms with van der Waals surface area (Å²) in [5, 5.41) is 3.50. The molecule has 1 saturated carbocycles. The van der Waals surface area contributed by atoms with Crippen molar-refractivity contribution in [3.63, 3.8) is 0 Å². The Hall–Kier alpha value is -1.36. The fourth-order valence-corrected chi connectivity index (χ4v) is 3.41. The Morgan fingerprint density at radius 3 is 2.95 bits per heavy atom. The third-order valence-corrected chi connectivity index (χ3v) is 4.47. The van der Waals surface area contributed by atoms with Crippen molar-refractivity contribution in [2.45, 2.75) is 38.1 Å². The normalized spacial score (nSPS) is 24.1. The van der Waals surface area contributed by atoms with Crippen molar-refractivity contribution in [1.29, 1.82) is 0 Å². The van der Waals surface area contributed by atoms with Crippen LogP contribution in [0.5, 0.6) is 5.88 Å². The van der Waals surface area contributed by atoms with Crippen LogP contribution in [-0.4, -0.2) is 47.7 Å². The van der Waals surface area contributed by atoms with Gasteiger partial charge in [0.1, 0.15) is 12.1 Å². The zero-order chi connectivity index (χ0) is 13.8. The van der Waals surface area contributed by atoms with E-state index in [9.17, 15) is 0 Å². The van der Waals surface area contributed by atoms with Crippen molar-refractivity contribution >= 4 is 5.82 Å². The van der Waals surface area contributed by atoms with Crippen molar-refractivity contribution in [1.82, 2.24) is 14.9 Å². The van der Waals surface area contributed by atoms with Gasteiger partial charge in [0, 0.05) is 31.7 Å². The van der Waals surface area contributed by atoms with Crippen molar-refractivity contribution in [3.8, 4) is 5.88 Å². The maximum atomic E-state index is 5.13. The highest BCUT2D eigenvalue weighted by molar-refractivity contribution is 5.38. The number of methoxy groups -OCH3 is 1. The number of nitrogens with zero attached hydrogens (tertiary/aromatic N) is 3. The SMILES string of the molecule is COc1cc(NC2CCN(CC3CCCC3)C2)ncn1. The molecule has 1 unspecified atom stereocenters. The number of anilines is 1. The van der Waals surface area contributed by atoms with Gasteiger partial charge < -0.3 is 15.0 Å². The average Bonchev–Trinajstić information content (AvgIpc) is 3.12. The fourth-order valence-electron chi connectivity index (χ4n) is 3.41. The number of hydrogen-bond acceptors (Lipinski definition) is 5. The molecule has 5 heteroatoms. The van der Waals surface area contributed by atoms with E-state index >= 15 is 0 Å². The first-order chi connectivity index (χ1) is 9.83. The van der Waals surface area contributed by atoms with Crippen LogP contribution in [0.1, 0.15) is 32.1 Å². The van der Waals surface area contributed by atoms with E-state index in [1.807, 2.05) is 6.07 Å². The minimum Gasteiger partial charge on any atom is -0.481 e.